The Kier molecular flexibility index (Phi) is 10.6. The van der Waals surface area contributed by atoms with E-state index in [2.05, 4.69) is 49.2 Å². The van der Waals surface area contributed by atoms with Crippen LogP contribution in [0.1, 0.15) is 52.9 Å². The van der Waals surface area contributed by atoms with Crippen LogP contribution in [0.25, 0.3) is 0 Å². The van der Waals surface area contributed by atoms with Crippen molar-refractivity contribution in [2.45, 2.75) is 52.9 Å². The molecule has 126 valence electrons. The van der Waals surface area contributed by atoms with Gasteiger partial charge in [-0.25, -0.2) is 0 Å². The van der Waals surface area contributed by atoms with Gasteiger partial charge in [0.15, 0.2) is 0 Å². The number of likely N-dealkylation sites (N-methyl/N-ethyl adjacent to an activating group) is 1. The van der Waals surface area contributed by atoms with Crippen molar-refractivity contribution in [1.29, 1.82) is 0 Å². The molecule has 0 heterocycles. The Bertz CT molecular complexity index is 377. The van der Waals surface area contributed by atoms with Crippen molar-refractivity contribution < 1.29 is 4.74 Å². The lowest BCUT2D eigenvalue weighted by atomic mass is 10.2. The zero-order valence-electron chi connectivity index (χ0n) is 14.7. The van der Waals surface area contributed by atoms with Crippen molar-refractivity contribution >= 4 is 5.69 Å². The molecule has 0 saturated heterocycles. The second kappa shape index (κ2) is 12.3. The Balaban J connectivity index is 2.24. The minimum absolute atomic E-state index is 0.826. The van der Waals surface area contributed by atoms with Gasteiger partial charge in [-0.2, -0.15) is 0 Å². The average molecular weight is 306 g/mol. The summed E-state index contributed by atoms with van der Waals surface area (Å²) >= 11 is 0. The number of benzene rings is 1. The van der Waals surface area contributed by atoms with E-state index >= 15 is 0 Å². The maximum atomic E-state index is 5.85. The topological polar surface area (TPSA) is 24.5 Å². The number of rotatable bonds is 13. The summed E-state index contributed by atoms with van der Waals surface area (Å²) in [5.74, 6) is 0.975. The number of hydrogen-bond acceptors (Lipinski definition) is 3. The molecule has 0 amide bonds. The molecule has 0 fully saturated rings. The van der Waals surface area contributed by atoms with E-state index in [1.54, 1.807) is 0 Å². The predicted molar refractivity (Wildman–Crippen MR) is 97.0 cm³/mol. The third-order valence-corrected chi connectivity index (χ3v) is 4.00. The van der Waals surface area contributed by atoms with Gasteiger partial charge in [-0.1, -0.05) is 52.5 Å². The highest BCUT2D eigenvalue weighted by molar-refractivity contribution is 5.48. The quantitative estimate of drug-likeness (QED) is 0.530. The lowest BCUT2D eigenvalue weighted by Gasteiger charge is -2.18. The monoisotopic (exact) mass is 306 g/mol. The van der Waals surface area contributed by atoms with E-state index in [-0.39, 0.29) is 0 Å². The molecule has 0 aliphatic heterocycles. The fraction of sp³-hybridized carbons (Fsp3) is 0.684. The molecule has 1 aromatic carbocycles. The second-order valence-electron chi connectivity index (χ2n) is 5.74. The van der Waals surface area contributed by atoms with E-state index in [0.717, 1.165) is 50.6 Å². The molecule has 0 saturated carbocycles. The molecule has 0 atom stereocenters. The Morgan fingerprint density at radius 3 is 2.50 bits per heavy atom. The Hall–Kier alpha value is -1.22. The summed E-state index contributed by atoms with van der Waals surface area (Å²) in [7, 11) is 0. The highest BCUT2D eigenvalue weighted by Gasteiger charge is 2.00. The lowest BCUT2D eigenvalue weighted by molar-refractivity contribution is 0.304. The van der Waals surface area contributed by atoms with Crippen LogP contribution in [0.3, 0.4) is 0 Å². The maximum Gasteiger partial charge on any atom is 0.121 e. The molecule has 3 heteroatoms. The molecule has 22 heavy (non-hydrogen) atoms. The number of nitrogens with zero attached hydrogens (tertiary/aromatic N) is 1. The molecule has 0 spiro atoms. The summed E-state index contributed by atoms with van der Waals surface area (Å²) in [5, 5.41) is 3.48. The predicted octanol–water partition coefficient (Wildman–Crippen LogP) is 4.79. The number of ether oxygens (including phenoxy) is 1. The van der Waals surface area contributed by atoms with Crippen LogP contribution in [-0.4, -0.2) is 37.7 Å². The van der Waals surface area contributed by atoms with Gasteiger partial charge >= 0.3 is 0 Å². The van der Waals surface area contributed by atoms with Gasteiger partial charge in [-0.3, -0.25) is 0 Å². The largest absolute Gasteiger partial charge is 0.494 e. The maximum absolute atomic E-state index is 5.85. The third-order valence-electron chi connectivity index (χ3n) is 4.00. The SMILES string of the molecule is CCCCCCCOc1cccc(NCCN(CC)CC)c1. The van der Waals surface area contributed by atoms with Gasteiger partial charge in [0.1, 0.15) is 5.75 Å². The van der Waals surface area contributed by atoms with E-state index in [4.69, 9.17) is 4.74 Å². The summed E-state index contributed by atoms with van der Waals surface area (Å²) in [5.41, 5.74) is 1.15. The van der Waals surface area contributed by atoms with Crippen LogP contribution < -0.4 is 10.1 Å². The smallest absolute Gasteiger partial charge is 0.121 e. The summed E-state index contributed by atoms with van der Waals surface area (Å²) in [6.45, 7) is 11.8. The average Bonchev–Trinajstić information content (AvgIpc) is 2.55. The van der Waals surface area contributed by atoms with Crippen molar-refractivity contribution in [3.05, 3.63) is 24.3 Å². The Morgan fingerprint density at radius 2 is 1.77 bits per heavy atom. The first-order valence-electron chi connectivity index (χ1n) is 8.99. The summed E-state index contributed by atoms with van der Waals surface area (Å²) < 4.78 is 5.85. The summed E-state index contributed by atoms with van der Waals surface area (Å²) in [6, 6.07) is 8.32. The first-order valence-corrected chi connectivity index (χ1v) is 8.99. The van der Waals surface area contributed by atoms with Gasteiger partial charge in [-0.15, -0.1) is 0 Å². The molecule has 0 unspecified atom stereocenters. The van der Waals surface area contributed by atoms with Gasteiger partial charge in [0.25, 0.3) is 0 Å². The van der Waals surface area contributed by atoms with Crippen LogP contribution in [0.4, 0.5) is 5.69 Å². The van der Waals surface area contributed by atoms with E-state index < -0.39 is 0 Å². The molecule has 0 bridgehead atoms. The Labute approximate surface area is 137 Å². The van der Waals surface area contributed by atoms with E-state index in [9.17, 15) is 0 Å². The van der Waals surface area contributed by atoms with Crippen molar-refractivity contribution in [3.8, 4) is 5.75 Å². The number of hydrogen-bond donors (Lipinski definition) is 1. The highest BCUT2D eigenvalue weighted by Crippen LogP contribution is 2.17. The van der Waals surface area contributed by atoms with Gasteiger partial charge in [0, 0.05) is 24.8 Å². The molecule has 1 rings (SSSR count). The van der Waals surface area contributed by atoms with Gasteiger partial charge in [0.05, 0.1) is 6.61 Å². The second-order valence-corrected chi connectivity index (χ2v) is 5.74. The molecular weight excluding hydrogens is 272 g/mol. The highest BCUT2D eigenvalue weighted by atomic mass is 16.5. The van der Waals surface area contributed by atoms with E-state index in [0.29, 0.717) is 0 Å². The summed E-state index contributed by atoms with van der Waals surface area (Å²) in [4.78, 5) is 2.42. The number of anilines is 1. The first-order chi connectivity index (χ1) is 10.8. The molecule has 1 aromatic rings. The zero-order valence-corrected chi connectivity index (χ0v) is 14.7. The first kappa shape index (κ1) is 18.8. The fourth-order valence-electron chi connectivity index (χ4n) is 2.49. The van der Waals surface area contributed by atoms with E-state index in [1.807, 2.05) is 6.07 Å². The van der Waals surface area contributed by atoms with Crippen LogP contribution in [0.2, 0.25) is 0 Å². The van der Waals surface area contributed by atoms with Crippen LogP contribution in [0, 0.1) is 0 Å². The van der Waals surface area contributed by atoms with Crippen LogP contribution in [0.5, 0.6) is 5.75 Å². The molecule has 0 aromatic heterocycles. The van der Waals surface area contributed by atoms with Gasteiger partial charge in [-0.05, 0) is 31.6 Å². The van der Waals surface area contributed by atoms with Crippen LogP contribution in [-0.2, 0) is 0 Å². The number of nitrogens with one attached hydrogen (secondary N) is 1. The lowest BCUT2D eigenvalue weighted by Crippen LogP contribution is -2.28. The van der Waals surface area contributed by atoms with Crippen LogP contribution in [0.15, 0.2) is 24.3 Å². The van der Waals surface area contributed by atoms with Crippen molar-refractivity contribution in [3.63, 3.8) is 0 Å². The third kappa shape index (κ3) is 8.28. The van der Waals surface area contributed by atoms with Crippen molar-refractivity contribution in [2.24, 2.45) is 0 Å². The minimum Gasteiger partial charge on any atom is -0.494 e. The van der Waals surface area contributed by atoms with Crippen LogP contribution >= 0.6 is 0 Å². The number of unbranched alkanes of at least 4 members (excludes halogenated alkanes) is 4. The molecule has 0 aliphatic carbocycles. The van der Waals surface area contributed by atoms with Gasteiger partial charge in [0.2, 0.25) is 0 Å². The summed E-state index contributed by atoms with van der Waals surface area (Å²) in [6.07, 6.45) is 6.39. The Morgan fingerprint density at radius 1 is 1.00 bits per heavy atom. The minimum atomic E-state index is 0.826. The molecular formula is C19H34N2O. The molecule has 1 N–H and O–H groups in total. The fourth-order valence-corrected chi connectivity index (χ4v) is 2.49. The molecule has 3 nitrogen and oxygen atoms in total. The van der Waals surface area contributed by atoms with Crippen molar-refractivity contribution in [1.82, 2.24) is 4.90 Å². The normalized spacial score (nSPS) is 10.9. The van der Waals surface area contributed by atoms with Gasteiger partial charge < -0.3 is 15.0 Å². The molecule has 0 aliphatic rings. The zero-order chi connectivity index (χ0) is 16.0. The molecule has 0 radical (unpaired) electrons. The standard InChI is InChI=1S/C19H34N2O/c1-4-7-8-9-10-16-22-19-13-11-12-18(17-19)20-14-15-21(5-2)6-3/h11-13,17,20H,4-10,14-16H2,1-3H3. The van der Waals surface area contributed by atoms with E-state index in [1.165, 1.54) is 25.7 Å². The van der Waals surface area contributed by atoms with Crippen molar-refractivity contribution in [2.75, 3.05) is 38.1 Å².